The Morgan fingerprint density at radius 1 is 1.50 bits per heavy atom. The first-order chi connectivity index (χ1) is 7.90. The standard InChI is InChI=1S/C10H13NO2S.CH4O/c12-7-8-3-6-14-10(8)11-9-1-4-13-5-2-9;1-2/h3,6-7,9,11H,1-2,4-5H2;2H,1H3. The predicted molar refractivity (Wildman–Crippen MR) is 65.3 cm³/mol. The molecule has 1 saturated heterocycles. The van der Waals surface area contributed by atoms with Gasteiger partial charge in [0.2, 0.25) is 0 Å². The highest BCUT2D eigenvalue weighted by molar-refractivity contribution is 7.14. The molecule has 2 heterocycles. The number of hydrogen-bond donors (Lipinski definition) is 2. The zero-order chi connectivity index (χ0) is 11.8. The molecular formula is C11H17NO3S. The molecular weight excluding hydrogens is 226 g/mol. The van der Waals surface area contributed by atoms with Crippen LogP contribution >= 0.6 is 11.3 Å². The van der Waals surface area contributed by atoms with Gasteiger partial charge in [0.15, 0.2) is 6.29 Å². The topological polar surface area (TPSA) is 58.6 Å². The van der Waals surface area contributed by atoms with E-state index < -0.39 is 0 Å². The van der Waals surface area contributed by atoms with Gasteiger partial charge >= 0.3 is 0 Å². The third kappa shape index (κ3) is 3.59. The van der Waals surface area contributed by atoms with Crippen LogP contribution in [0.4, 0.5) is 5.00 Å². The van der Waals surface area contributed by atoms with Crippen LogP contribution in [0.5, 0.6) is 0 Å². The van der Waals surface area contributed by atoms with Crippen molar-refractivity contribution in [2.45, 2.75) is 18.9 Å². The van der Waals surface area contributed by atoms with Crippen LogP contribution < -0.4 is 5.32 Å². The van der Waals surface area contributed by atoms with Crippen molar-refractivity contribution in [2.24, 2.45) is 0 Å². The van der Waals surface area contributed by atoms with E-state index in [9.17, 15) is 4.79 Å². The summed E-state index contributed by atoms with van der Waals surface area (Å²) in [6.45, 7) is 1.64. The van der Waals surface area contributed by atoms with E-state index >= 15 is 0 Å². The summed E-state index contributed by atoms with van der Waals surface area (Å²) in [4.78, 5) is 10.7. The zero-order valence-corrected chi connectivity index (χ0v) is 10.1. The Morgan fingerprint density at radius 2 is 2.19 bits per heavy atom. The highest BCUT2D eigenvalue weighted by atomic mass is 32.1. The minimum atomic E-state index is 0.459. The highest BCUT2D eigenvalue weighted by Crippen LogP contribution is 2.24. The fourth-order valence-electron chi connectivity index (χ4n) is 1.56. The average Bonchev–Trinajstić information content (AvgIpc) is 2.80. The van der Waals surface area contributed by atoms with Crippen molar-refractivity contribution in [3.05, 3.63) is 17.0 Å². The van der Waals surface area contributed by atoms with Gasteiger partial charge in [0.25, 0.3) is 0 Å². The molecule has 0 atom stereocenters. The molecule has 4 nitrogen and oxygen atoms in total. The lowest BCUT2D eigenvalue weighted by Gasteiger charge is -2.23. The van der Waals surface area contributed by atoms with Crippen LogP contribution in [0.2, 0.25) is 0 Å². The van der Waals surface area contributed by atoms with E-state index in [1.54, 1.807) is 11.3 Å². The summed E-state index contributed by atoms with van der Waals surface area (Å²) in [6.07, 6.45) is 2.95. The van der Waals surface area contributed by atoms with E-state index in [4.69, 9.17) is 9.84 Å². The lowest BCUT2D eigenvalue weighted by Crippen LogP contribution is -2.27. The predicted octanol–water partition coefficient (Wildman–Crippen LogP) is 1.76. The fourth-order valence-corrected chi connectivity index (χ4v) is 2.39. The molecule has 0 amide bonds. The molecule has 0 spiro atoms. The summed E-state index contributed by atoms with van der Waals surface area (Å²) < 4.78 is 5.27. The number of nitrogens with one attached hydrogen (secondary N) is 1. The van der Waals surface area contributed by atoms with Crippen LogP contribution in [-0.2, 0) is 4.74 Å². The molecule has 1 aromatic heterocycles. The number of ether oxygens (including phenoxy) is 1. The van der Waals surface area contributed by atoms with Gasteiger partial charge in [0, 0.05) is 31.9 Å². The Kier molecular flexibility index (Phi) is 6.07. The van der Waals surface area contributed by atoms with Gasteiger partial charge in [-0.1, -0.05) is 0 Å². The maximum absolute atomic E-state index is 10.7. The van der Waals surface area contributed by atoms with E-state index in [1.165, 1.54) is 0 Å². The number of rotatable bonds is 3. The van der Waals surface area contributed by atoms with Crippen LogP contribution in [0.25, 0.3) is 0 Å². The molecule has 1 aliphatic heterocycles. The van der Waals surface area contributed by atoms with Gasteiger partial charge < -0.3 is 15.2 Å². The number of aliphatic hydroxyl groups is 1. The number of aldehydes is 1. The molecule has 0 bridgehead atoms. The minimum absolute atomic E-state index is 0.459. The van der Waals surface area contributed by atoms with Gasteiger partial charge in [0.1, 0.15) is 0 Å². The smallest absolute Gasteiger partial charge is 0.153 e. The number of anilines is 1. The number of hydrogen-bond acceptors (Lipinski definition) is 5. The van der Waals surface area contributed by atoms with Crippen LogP contribution in [0, 0.1) is 0 Å². The van der Waals surface area contributed by atoms with Crippen molar-refractivity contribution in [1.29, 1.82) is 0 Å². The highest BCUT2D eigenvalue weighted by Gasteiger charge is 2.15. The van der Waals surface area contributed by atoms with Crippen molar-refractivity contribution >= 4 is 22.6 Å². The lowest BCUT2D eigenvalue weighted by atomic mass is 10.1. The number of carbonyl (C=O) groups is 1. The minimum Gasteiger partial charge on any atom is -0.400 e. The molecule has 0 aliphatic carbocycles. The first kappa shape index (κ1) is 13.2. The van der Waals surface area contributed by atoms with Gasteiger partial charge in [-0.15, -0.1) is 11.3 Å². The molecule has 1 aromatic rings. The van der Waals surface area contributed by atoms with Crippen LogP contribution in [0.3, 0.4) is 0 Å². The summed E-state index contributed by atoms with van der Waals surface area (Å²) in [5.41, 5.74) is 0.765. The number of aliphatic hydroxyl groups excluding tert-OH is 1. The molecule has 90 valence electrons. The van der Waals surface area contributed by atoms with Crippen LogP contribution in [0.1, 0.15) is 23.2 Å². The first-order valence-electron chi connectivity index (χ1n) is 5.22. The van der Waals surface area contributed by atoms with Gasteiger partial charge in [0.05, 0.1) is 5.00 Å². The Labute approximate surface area is 99.2 Å². The largest absolute Gasteiger partial charge is 0.400 e. The van der Waals surface area contributed by atoms with Crippen molar-refractivity contribution in [2.75, 3.05) is 25.6 Å². The second-order valence-corrected chi connectivity index (χ2v) is 4.27. The maximum atomic E-state index is 10.7. The van der Waals surface area contributed by atoms with E-state index in [0.717, 1.165) is 50.0 Å². The molecule has 1 fully saturated rings. The molecule has 1 aliphatic rings. The molecule has 0 saturated carbocycles. The third-order valence-corrected chi connectivity index (χ3v) is 3.24. The van der Waals surface area contributed by atoms with Gasteiger partial charge in [-0.3, -0.25) is 4.79 Å². The quantitative estimate of drug-likeness (QED) is 0.794. The van der Waals surface area contributed by atoms with Gasteiger partial charge in [-0.05, 0) is 24.3 Å². The molecule has 2 N–H and O–H groups in total. The van der Waals surface area contributed by atoms with Gasteiger partial charge in [-0.2, -0.15) is 0 Å². The molecule has 0 aromatic carbocycles. The second kappa shape index (κ2) is 7.38. The van der Waals surface area contributed by atoms with Crippen molar-refractivity contribution < 1.29 is 14.6 Å². The SMILES string of the molecule is CO.O=Cc1ccsc1NC1CCOCC1. The Bertz CT molecular complexity index is 308. The molecule has 5 heteroatoms. The maximum Gasteiger partial charge on any atom is 0.153 e. The first-order valence-corrected chi connectivity index (χ1v) is 6.10. The van der Waals surface area contributed by atoms with Crippen molar-refractivity contribution in [3.8, 4) is 0 Å². The summed E-state index contributed by atoms with van der Waals surface area (Å²) >= 11 is 1.58. The second-order valence-electron chi connectivity index (χ2n) is 3.35. The number of carbonyl (C=O) groups excluding carboxylic acids is 1. The number of thiophene rings is 1. The Balaban J connectivity index is 0.000000606. The summed E-state index contributed by atoms with van der Waals surface area (Å²) in [6, 6.07) is 2.31. The normalized spacial score (nSPS) is 16.1. The summed E-state index contributed by atoms with van der Waals surface area (Å²) in [7, 11) is 1.00. The van der Waals surface area contributed by atoms with Crippen LogP contribution in [0.15, 0.2) is 11.4 Å². The Hall–Kier alpha value is -0.910. The lowest BCUT2D eigenvalue weighted by molar-refractivity contribution is 0.0905. The molecule has 0 radical (unpaired) electrons. The van der Waals surface area contributed by atoms with Crippen molar-refractivity contribution in [3.63, 3.8) is 0 Å². The molecule has 0 unspecified atom stereocenters. The summed E-state index contributed by atoms with van der Waals surface area (Å²) in [5, 5.41) is 13.3. The van der Waals surface area contributed by atoms with E-state index in [-0.39, 0.29) is 0 Å². The van der Waals surface area contributed by atoms with E-state index in [2.05, 4.69) is 5.32 Å². The van der Waals surface area contributed by atoms with E-state index in [0.29, 0.717) is 6.04 Å². The average molecular weight is 243 g/mol. The summed E-state index contributed by atoms with van der Waals surface area (Å²) in [5.74, 6) is 0. The van der Waals surface area contributed by atoms with E-state index in [1.807, 2.05) is 11.4 Å². The van der Waals surface area contributed by atoms with Gasteiger partial charge in [-0.25, -0.2) is 0 Å². The fraction of sp³-hybridized carbons (Fsp3) is 0.545. The molecule has 2 rings (SSSR count). The zero-order valence-electron chi connectivity index (χ0n) is 9.31. The monoisotopic (exact) mass is 243 g/mol. The van der Waals surface area contributed by atoms with Crippen LogP contribution in [-0.4, -0.2) is 37.8 Å². The molecule has 16 heavy (non-hydrogen) atoms. The third-order valence-electron chi connectivity index (χ3n) is 2.38. The Morgan fingerprint density at radius 3 is 2.81 bits per heavy atom. The van der Waals surface area contributed by atoms with Crippen molar-refractivity contribution in [1.82, 2.24) is 0 Å².